The normalized spacial score (nSPS) is 37.8. The topological polar surface area (TPSA) is 172 Å². The quantitative estimate of drug-likeness (QED) is 0.155. The van der Waals surface area contributed by atoms with E-state index in [-0.39, 0.29) is 36.1 Å². The van der Waals surface area contributed by atoms with Gasteiger partial charge in [-0.05, 0) is 107 Å². The van der Waals surface area contributed by atoms with Crippen LogP contribution in [0.2, 0.25) is 0 Å². The van der Waals surface area contributed by atoms with Gasteiger partial charge in [0.25, 0.3) is 5.17 Å². The van der Waals surface area contributed by atoms with Gasteiger partial charge in [-0.25, -0.2) is 9.78 Å². The number of ketones is 2. The van der Waals surface area contributed by atoms with Gasteiger partial charge in [-0.1, -0.05) is 39.8 Å². The number of thiocarbonyl (C=S) groups is 1. The molecule has 0 radical (unpaired) electrons. The third kappa shape index (κ3) is 10.3. The predicted molar refractivity (Wildman–Crippen MR) is 210 cm³/mol. The van der Waals surface area contributed by atoms with E-state index in [0.717, 1.165) is 5.56 Å². The van der Waals surface area contributed by atoms with Crippen molar-refractivity contribution in [3.05, 3.63) is 34.6 Å². The SMILES string of the molecule is CC[C@H]1OC(=O)[C@H](C)C(=O)[C@H](C)C(O[C@@H]2O[C@H](C)C[C@H](N(C)C)[C@H]2O)[C@](C)(OC(=O)OC/C=C/c2ccc(Br)nc2)C[C@@H](C)C(=O)[C@H](C)[C@H]2NC(=S)O[C@@]21C. The first-order chi connectivity index (χ1) is 25.7. The van der Waals surface area contributed by atoms with E-state index in [9.17, 15) is 24.3 Å². The number of ether oxygens (including phenoxy) is 6. The van der Waals surface area contributed by atoms with Crippen molar-refractivity contribution in [3.63, 3.8) is 0 Å². The number of nitrogens with one attached hydrogen (secondary N) is 1. The van der Waals surface area contributed by atoms with Crippen molar-refractivity contribution in [1.82, 2.24) is 15.2 Å². The van der Waals surface area contributed by atoms with Crippen molar-refractivity contribution in [3.8, 4) is 0 Å². The van der Waals surface area contributed by atoms with Crippen molar-refractivity contribution < 1.29 is 52.7 Å². The predicted octanol–water partition coefficient (Wildman–Crippen LogP) is 5.02. The molecular weight excluding hydrogens is 798 g/mol. The number of hydrogen-bond donors (Lipinski definition) is 2. The Bertz CT molecular complexity index is 1600. The Morgan fingerprint density at radius 1 is 1.13 bits per heavy atom. The third-order valence-corrected chi connectivity index (χ3v) is 11.8. The van der Waals surface area contributed by atoms with Gasteiger partial charge in [0.05, 0.1) is 12.1 Å². The maximum atomic E-state index is 14.4. The number of carbonyl (C=O) groups excluding carboxylic acids is 4. The van der Waals surface area contributed by atoms with Crippen LogP contribution in [0, 0.1) is 23.7 Å². The van der Waals surface area contributed by atoms with E-state index in [0.29, 0.717) is 17.4 Å². The highest BCUT2D eigenvalue weighted by Crippen LogP contribution is 2.40. The van der Waals surface area contributed by atoms with Gasteiger partial charge in [0.1, 0.15) is 46.8 Å². The lowest BCUT2D eigenvalue weighted by atomic mass is 9.73. The third-order valence-electron chi connectivity index (χ3n) is 11.1. The molecule has 3 aliphatic heterocycles. The number of aromatic nitrogens is 1. The molecule has 3 aliphatic rings. The Morgan fingerprint density at radius 2 is 1.82 bits per heavy atom. The Hall–Kier alpha value is -3.02. The van der Waals surface area contributed by atoms with Crippen LogP contribution in [0.3, 0.4) is 0 Å². The molecule has 14 nitrogen and oxygen atoms in total. The lowest BCUT2D eigenvalue weighted by molar-refractivity contribution is -0.293. The number of likely N-dealkylation sites (N-methyl/N-ethyl adjacent to an activating group) is 1. The van der Waals surface area contributed by atoms with Gasteiger partial charge in [0.15, 0.2) is 17.7 Å². The fourth-order valence-electron chi connectivity index (χ4n) is 8.09. The summed E-state index contributed by atoms with van der Waals surface area (Å²) in [4.78, 5) is 62.2. The molecule has 4 heterocycles. The van der Waals surface area contributed by atoms with Crippen LogP contribution >= 0.6 is 28.1 Å². The molecule has 0 bridgehead atoms. The first kappa shape index (κ1) is 44.7. The first-order valence-corrected chi connectivity index (χ1v) is 20.0. The minimum Gasteiger partial charge on any atom is -0.459 e. The van der Waals surface area contributed by atoms with Gasteiger partial charge in [-0.3, -0.25) is 14.4 Å². The van der Waals surface area contributed by atoms with Crippen LogP contribution in [0.15, 0.2) is 29.0 Å². The van der Waals surface area contributed by atoms with E-state index in [1.165, 1.54) is 6.92 Å². The molecule has 1 unspecified atom stereocenters. The minimum absolute atomic E-state index is 0.0579. The van der Waals surface area contributed by atoms with Gasteiger partial charge >= 0.3 is 12.1 Å². The zero-order valence-corrected chi connectivity index (χ0v) is 35.7. The molecule has 13 atom stereocenters. The smallest absolute Gasteiger partial charge is 0.459 e. The average Bonchev–Trinajstić information content (AvgIpc) is 3.44. The van der Waals surface area contributed by atoms with E-state index >= 15 is 0 Å². The number of fused-ring (bicyclic) bond motifs is 1. The largest absolute Gasteiger partial charge is 0.509 e. The Kier molecular flexibility index (Phi) is 15.0. The number of aliphatic hydroxyl groups excluding tert-OH is 1. The zero-order chi connectivity index (χ0) is 41.0. The molecule has 3 saturated heterocycles. The molecule has 55 heavy (non-hydrogen) atoms. The van der Waals surface area contributed by atoms with E-state index < -0.39 is 83.4 Å². The van der Waals surface area contributed by atoms with Crippen molar-refractivity contribution in [2.45, 2.75) is 129 Å². The van der Waals surface area contributed by atoms with Gasteiger partial charge in [0, 0.05) is 30.0 Å². The van der Waals surface area contributed by atoms with Crippen molar-refractivity contribution in [2.24, 2.45) is 23.7 Å². The van der Waals surface area contributed by atoms with Crippen LogP contribution in [-0.2, 0) is 42.8 Å². The van der Waals surface area contributed by atoms with E-state index in [4.69, 9.17) is 40.6 Å². The van der Waals surface area contributed by atoms with Gasteiger partial charge in [-0.2, -0.15) is 0 Å². The first-order valence-electron chi connectivity index (χ1n) is 18.8. The van der Waals surface area contributed by atoms with Gasteiger partial charge in [-0.15, -0.1) is 0 Å². The second kappa shape index (κ2) is 18.5. The molecule has 4 rings (SSSR count). The number of hydrogen-bond acceptors (Lipinski definition) is 14. The fourth-order valence-corrected chi connectivity index (χ4v) is 8.63. The molecule has 306 valence electrons. The summed E-state index contributed by atoms with van der Waals surface area (Å²) in [6, 6.07) is 2.53. The number of pyridine rings is 1. The van der Waals surface area contributed by atoms with Crippen LogP contribution in [0.1, 0.15) is 80.2 Å². The van der Waals surface area contributed by atoms with E-state index in [1.54, 1.807) is 59.0 Å². The molecule has 0 aliphatic carbocycles. The van der Waals surface area contributed by atoms with E-state index in [2.05, 4.69) is 26.2 Å². The van der Waals surface area contributed by atoms with Gasteiger partial charge < -0.3 is 43.7 Å². The van der Waals surface area contributed by atoms with Crippen LogP contribution in [0.4, 0.5) is 4.79 Å². The summed E-state index contributed by atoms with van der Waals surface area (Å²) < 4.78 is 37.0. The van der Waals surface area contributed by atoms with Crippen LogP contribution in [0.25, 0.3) is 6.08 Å². The van der Waals surface area contributed by atoms with Gasteiger partial charge in [0.2, 0.25) is 0 Å². The molecule has 16 heteroatoms. The minimum atomic E-state index is -1.75. The Balaban J connectivity index is 1.77. The number of nitrogens with zero attached hydrogens (tertiary/aromatic N) is 2. The molecule has 1 aromatic heterocycles. The summed E-state index contributed by atoms with van der Waals surface area (Å²) in [6.07, 6.45) is -0.428. The molecule has 0 spiro atoms. The standard InChI is InChI=1S/C39H56BrN3O11S/c1-11-27-39(8)32(42-36(55)53-39)22(4)29(44)20(2)18-38(7,54-37(48)49-16-12-13-25-14-15-28(40)41-19-25)33(23(5)30(45)24(6)34(47)51-27)52-35-31(46)26(43(9)10)17-21(3)50-35/h12-15,19-24,26-27,31-33,35,46H,11,16-18H2,1-10H3,(H,42,55)/b13-12+/t20-,21-,22+,23+,24-,26+,27-,31-,32-,33?,35+,38-,39-/m1/s1. The van der Waals surface area contributed by atoms with Crippen LogP contribution in [-0.4, -0.2) is 119 Å². The number of rotatable bonds is 8. The number of aliphatic hydroxyl groups is 1. The maximum absolute atomic E-state index is 14.4. The highest BCUT2D eigenvalue weighted by Gasteiger charge is 2.57. The second-order valence-corrected chi connectivity index (χ2v) is 16.8. The summed E-state index contributed by atoms with van der Waals surface area (Å²) >= 11 is 8.69. The van der Waals surface area contributed by atoms with Crippen LogP contribution < -0.4 is 5.32 Å². The Morgan fingerprint density at radius 3 is 2.44 bits per heavy atom. The summed E-state index contributed by atoms with van der Waals surface area (Å²) in [6.45, 7) is 13.2. The lowest BCUT2D eigenvalue weighted by Gasteiger charge is -2.46. The number of halogens is 1. The number of Topliss-reactive ketones (excluding diaryl/α,β-unsaturated/α-hetero) is 2. The van der Waals surface area contributed by atoms with E-state index in [1.807, 2.05) is 38.9 Å². The molecule has 3 fully saturated rings. The number of carbonyl (C=O) groups is 4. The summed E-state index contributed by atoms with van der Waals surface area (Å²) in [5.41, 5.74) is -2.22. The Labute approximate surface area is 337 Å². The number of esters is 1. The lowest BCUT2D eigenvalue weighted by Crippen LogP contribution is -2.60. The van der Waals surface area contributed by atoms with Crippen molar-refractivity contribution >= 4 is 63.1 Å². The molecule has 1 aromatic rings. The number of cyclic esters (lactones) is 1. The molecule has 0 saturated carbocycles. The zero-order valence-electron chi connectivity index (χ0n) is 33.3. The monoisotopic (exact) mass is 853 g/mol. The highest BCUT2D eigenvalue weighted by molar-refractivity contribution is 9.10. The fraction of sp³-hybridized carbons (Fsp3) is 0.692. The average molecular weight is 855 g/mol. The molecule has 2 N–H and O–H groups in total. The highest BCUT2D eigenvalue weighted by atomic mass is 79.9. The summed E-state index contributed by atoms with van der Waals surface area (Å²) in [5, 5.41) is 14.7. The van der Waals surface area contributed by atoms with Crippen molar-refractivity contribution in [2.75, 3.05) is 20.7 Å². The second-order valence-electron chi connectivity index (χ2n) is 15.7. The van der Waals surface area contributed by atoms with Crippen molar-refractivity contribution in [1.29, 1.82) is 0 Å². The molecular formula is C39H56BrN3O11S. The van der Waals surface area contributed by atoms with Crippen LogP contribution in [0.5, 0.6) is 0 Å². The maximum Gasteiger partial charge on any atom is 0.509 e. The molecule has 0 amide bonds. The summed E-state index contributed by atoms with van der Waals surface area (Å²) in [7, 11) is 3.66. The molecule has 0 aromatic carbocycles. The summed E-state index contributed by atoms with van der Waals surface area (Å²) in [5.74, 6) is -5.58.